The highest BCUT2D eigenvalue weighted by atomic mass is 32.2. The molecule has 2 atom stereocenters. The van der Waals surface area contributed by atoms with E-state index in [9.17, 15) is 46.7 Å². The summed E-state index contributed by atoms with van der Waals surface area (Å²) in [4.78, 5) is 47.7. The number of amides is 1. The van der Waals surface area contributed by atoms with Crippen LogP contribution in [-0.4, -0.2) is 85.1 Å². The van der Waals surface area contributed by atoms with E-state index >= 15 is 0 Å². The third-order valence-electron chi connectivity index (χ3n) is 7.87. The first-order valence-corrected chi connectivity index (χ1v) is 17.7. The Labute approximate surface area is 272 Å². The highest BCUT2D eigenvalue weighted by Crippen LogP contribution is 2.32. The monoisotopic (exact) mass is 696 g/mol. The van der Waals surface area contributed by atoms with E-state index in [-0.39, 0.29) is 52.1 Å². The van der Waals surface area contributed by atoms with E-state index in [2.05, 4.69) is 0 Å². The van der Waals surface area contributed by atoms with Crippen LogP contribution in [0.3, 0.4) is 0 Å². The molecule has 0 bridgehead atoms. The van der Waals surface area contributed by atoms with Crippen LogP contribution in [0.4, 0.5) is 16.2 Å². The van der Waals surface area contributed by atoms with Gasteiger partial charge in [-0.25, -0.2) is 13.2 Å². The molecule has 47 heavy (non-hydrogen) atoms. The summed E-state index contributed by atoms with van der Waals surface area (Å²) in [6, 6.07) is 6.94. The van der Waals surface area contributed by atoms with Crippen molar-refractivity contribution >= 4 is 43.4 Å². The average molecular weight is 697 g/mol. The predicted octanol–water partition coefficient (Wildman–Crippen LogP) is 4.04. The van der Waals surface area contributed by atoms with Crippen LogP contribution in [0.1, 0.15) is 52.9 Å². The van der Waals surface area contributed by atoms with Gasteiger partial charge < -0.3 is 9.64 Å². The first-order valence-electron chi connectivity index (χ1n) is 14.8. The van der Waals surface area contributed by atoms with Gasteiger partial charge in [0.05, 0.1) is 31.8 Å². The highest BCUT2D eigenvalue weighted by Gasteiger charge is 2.43. The molecule has 18 heteroatoms. The van der Waals surface area contributed by atoms with Crippen molar-refractivity contribution in [3.8, 4) is 0 Å². The van der Waals surface area contributed by atoms with Crippen molar-refractivity contribution in [1.82, 2.24) is 9.21 Å². The van der Waals surface area contributed by atoms with Crippen LogP contribution in [0.15, 0.2) is 58.3 Å². The number of rotatable bonds is 10. The maximum absolute atomic E-state index is 13.9. The molecule has 2 heterocycles. The molecule has 0 radical (unpaired) electrons. The van der Waals surface area contributed by atoms with Crippen LogP contribution in [0.25, 0.3) is 0 Å². The first-order chi connectivity index (χ1) is 21.9. The lowest BCUT2D eigenvalue weighted by molar-refractivity contribution is -0.385. The average Bonchev–Trinajstić information content (AvgIpc) is 3.00. The van der Waals surface area contributed by atoms with Crippen LogP contribution in [0.2, 0.25) is 0 Å². The Morgan fingerprint density at radius 2 is 1.34 bits per heavy atom. The Hall–Kier alpha value is -4.00. The molecule has 16 nitrogen and oxygen atoms in total. The number of ether oxygens (including phenoxy) is 1. The SMILES string of the molecule is CC(C)(C)OC(=O)N1CCC(CC(=O)[C@@H]2CC[C@H](OS(=O)(=O)c3ccc([N+](=O)[O-])cc3)CN2S(=O)(=O)c2ccc([N+](=O)[O-])cc2)CC1. The number of nitrogens with zero attached hydrogens (tertiary/aromatic N) is 4. The van der Waals surface area contributed by atoms with E-state index in [4.69, 9.17) is 8.92 Å². The molecule has 2 saturated heterocycles. The first kappa shape index (κ1) is 35.8. The third kappa shape index (κ3) is 8.88. The van der Waals surface area contributed by atoms with Gasteiger partial charge in [-0.2, -0.15) is 12.7 Å². The van der Waals surface area contributed by atoms with Gasteiger partial charge >= 0.3 is 6.09 Å². The van der Waals surface area contributed by atoms with Crippen molar-refractivity contribution in [3.63, 3.8) is 0 Å². The zero-order valence-electron chi connectivity index (χ0n) is 26.0. The molecule has 2 aromatic rings. The van der Waals surface area contributed by atoms with E-state index < -0.39 is 60.4 Å². The van der Waals surface area contributed by atoms with Crippen LogP contribution < -0.4 is 0 Å². The Morgan fingerprint density at radius 1 is 0.830 bits per heavy atom. The maximum Gasteiger partial charge on any atom is 0.410 e. The normalized spacial score (nSPS) is 20.0. The fraction of sp³-hybridized carbons (Fsp3) is 0.517. The van der Waals surface area contributed by atoms with E-state index in [1.54, 1.807) is 25.7 Å². The number of ketones is 1. The summed E-state index contributed by atoms with van der Waals surface area (Å²) in [5, 5.41) is 22.1. The maximum atomic E-state index is 13.9. The molecule has 1 amide bonds. The summed E-state index contributed by atoms with van der Waals surface area (Å²) in [7, 11) is -8.96. The van der Waals surface area contributed by atoms with Gasteiger partial charge in [-0.1, -0.05) is 0 Å². The van der Waals surface area contributed by atoms with Crippen molar-refractivity contribution in [2.75, 3.05) is 19.6 Å². The van der Waals surface area contributed by atoms with Gasteiger partial charge in [-0.3, -0.25) is 29.2 Å². The van der Waals surface area contributed by atoms with Crippen LogP contribution in [-0.2, 0) is 33.9 Å². The van der Waals surface area contributed by atoms with E-state index in [1.807, 2.05) is 0 Å². The second-order valence-electron chi connectivity index (χ2n) is 12.4. The van der Waals surface area contributed by atoms with Crippen molar-refractivity contribution in [1.29, 1.82) is 0 Å². The summed E-state index contributed by atoms with van der Waals surface area (Å²) >= 11 is 0. The molecule has 0 saturated carbocycles. The number of hydrogen-bond acceptors (Lipinski definition) is 12. The Bertz CT molecular complexity index is 1720. The lowest BCUT2D eigenvalue weighted by atomic mass is 9.88. The summed E-state index contributed by atoms with van der Waals surface area (Å²) in [6.07, 6.45) is -0.716. The number of hydrogen-bond donors (Lipinski definition) is 0. The molecule has 0 spiro atoms. The topological polar surface area (TPSA) is 214 Å². The molecule has 2 aliphatic heterocycles. The largest absolute Gasteiger partial charge is 0.444 e. The number of nitro groups is 2. The minimum absolute atomic E-state index is 0.00594. The van der Waals surface area contributed by atoms with E-state index in [0.29, 0.717) is 25.9 Å². The lowest BCUT2D eigenvalue weighted by Crippen LogP contribution is -2.53. The molecular formula is C29H36N4O12S2. The van der Waals surface area contributed by atoms with Crippen molar-refractivity contribution in [2.45, 2.75) is 80.4 Å². The zero-order valence-corrected chi connectivity index (χ0v) is 27.6. The number of benzene rings is 2. The number of carbonyl (C=O) groups is 2. The van der Waals surface area contributed by atoms with Gasteiger partial charge in [0, 0.05) is 50.3 Å². The quantitative estimate of drug-likeness (QED) is 0.196. The van der Waals surface area contributed by atoms with Crippen molar-refractivity contribution in [3.05, 3.63) is 68.8 Å². The Balaban J connectivity index is 1.52. The number of piperidine rings is 2. The van der Waals surface area contributed by atoms with Gasteiger partial charge in [0.2, 0.25) is 10.0 Å². The number of non-ortho nitro benzene ring substituents is 2. The molecule has 2 fully saturated rings. The predicted molar refractivity (Wildman–Crippen MR) is 165 cm³/mol. The minimum atomic E-state index is -4.48. The number of sulfonamides is 1. The summed E-state index contributed by atoms with van der Waals surface area (Å²) in [6.45, 7) is 5.49. The van der Waals surface area contributed by atoms with Crippen molar-refractivity contribution < 1.29 is 45.2 Å². The van der Waals surface area contributed by atoms with Gasteiger partial charge in [-0.15, -0.1) is 0 Å². The molecule has 0 aliphatic carbocycles. The van der Waals surface area contributed by atoms with Gasteiger partial charge in [0.25, 0.3) is 21.5 Å². The third-order valence-corrected chi connectivity index (χ3v) is 11.1. The van der Waals surface area contributed by atoms with Crippen LogP contribution >= 0.6 is 0 Å². The fourth-order valence-corrected chi connectivity index (χ4v) is 8.25. The smallest absolute Gasteiger partial charge is 0.410 e. The molecule has 2 aromatic carbocycles. The number of likely N-dealkylation sites (tertiary alicyclic amines) is 1. The van der Waals surface area contributed by atoms with Crippen LogP contribution in [0.5, 0.6) is 0 Å². The molecular weight excluding hydrogens is 660 g/mol. The Morgan fingerprint density at radius 3 is 1.83 bits per heavy atom. The molecule has 0 N–H and O–H groups in total. The number of carbonyl (C=O) groups excluding carboxylic acids is 2. The lowest BCUT2D eigenvalue weighted by Gasteiger charge is -2.38. The second-order valence-corrected chi connectivity index (χ2v) is 15.9. The summed E-state index contributed by atoms with van der Waals surface area (Å²) < 4.78 is 65.4. The van der Waals surface area contributed by atoms with Crippen molar-refractivity contribution in [2.24, 2.45) is 5.92 Å². The van der Waals surface area contributed by atoms with Gasteiger partial charge in [0.1, 0.15) is 5.60 Å². The molecule has 0 aromatic heterocycles. The molecule has 256 valence electrons. The number of Topliss-reactive ketones (excluding diaryl/α,β-unsaturated/α-hetero) is 1. The molecule has 4 rings (SSSR count). The fourth-order valence-electron chi connectivity index (χ4n) is 5.48. The zero-order chi connectivity index (χ0) is 34.7. The van der Waals surface area contributed by atoms with Gasteiger partial charge in [0.15, 0.2) is 5.78 Å². The highest BCUT2D eigenvalue weighted by molar-refractivity contribution is 7.89. The van der Waals surface area contributed by atoms with Crippen LogP contribution in [0, 0.1) is 26.1 Å². The van der Waals surface area contributed by atoms with Gasteiger partial charge in [-0.05, 0) is 76.6 Å². The summed E-state index contributed by atoms with van der Waals surface area (Å²) in [5.41, 5.74) is -1.34. The molecule has 2 aliphatic rings. The standard InChI is InChI=1S/C29H36N4O12S2/c1-29(2,3)44-28(35)30-16-14-20(15-17-30)18-27(34)26-13-8-23(45-47(42,43)25-11-6-22(7-12-25)33(38)39)19-31(26)46(40,41)24-9-4-21(5-10-24)32(36)37/h4-7,9-12,20,23,26H,8,13-19H2,1-3H3/t23-,26-/m0/s1. The minimum Gasteiger partial charge on any atom is -0.444 e. The van der Waals surface area contributed by atoms with E-state index in [1.165, 1.54) is 0 Å². The second kappa shape index (κ2) is 14.0. The molecule has 0 unspecified atom stereocenters. The Kier molecular flexibility index (Phi) is 10.7. The number of nitro benzene ring substituents is 2. The summed E-state index contributed by atoms with van der Waals surface area (Å²) in [5.74, 6) is -0.524. The van der Waals surface area contributed by atoms with E-state index in [0.717, 1.165) is 52.8 Å².